The van der Waals surface area contributed by atoms with E-state index in [0.29, 0.717) is 23.1 Å². The third-order valence-electron chi connectivity index (χ3n) is 4.00. The maximum atomic E-state index is 13.7. The Bertz CT molecular complexity index is 970. The van der Waals surface area contributed by atoms with Crippen molar-refractivity contribution in [2.24, 2.45) is 0 Å². The molecule has 0 amide bonds. The van der Waals surface area contributed by atoms with Gasteiger partial charge in [-0.2, -0.15) is 0 Å². The highest BCUT2D eigenvalue weighted by Gasteiger charge is 2.15. The van der Waals surface area contributed by atoms with E-state index in [1.54, 1.807) is 28.8 Å². The first-order valence-corrected chi connectivity index (χ1v) is 9.70. The van der Waals surface area contributed by atoms with Crippen molar-refractivity contribution in [2.45, 2.75) is 25.2 Å². The zero-order valence-electron chi connectivity index (χ0n) is 15.5. The SMILES string of the molecule is C=CCn1c(COc2ccccc2F)nnc1SCC(=O)c1ccc(C)cc1. The predicted molar refractivity (Wildman–Crippen MR) is 107 cm³/mol. The predicted octanol–water partition coefficient (Wildman–Crippen LogP) is 4.47. The summed E-state index contributed by atoms with van der Waals surface area (Å²) >= 11 is 1.30. The molecule has 3 aromatic rings. The summed E-state index contributed by atoms with van der Waals surface area (Å²) in [5.74, 6) is 0.512. The van der Waals surface area contributed by atoms with Gasteiger partial charge in [0.25, 0.3) is 0 Å². The van der Waals surface area contributed by atoms with Crippen LogP contribution in [-0.4, -0.2) is 26.3 Å². The van der Waals surface area contributed by atoms with Crippen LogP contribution in [-0.2, 0) is 13.2 Å². The first-order valence-electron chi connectivity index (χ1n) is 8.71. The summed E-state index contributed by atoms with van der Waals surface area (Å²) in [7, 11) is 0. The average Bonchev–Trinajstić information content (AvgIpc) is 3.08. The van der Waals surface area contributed by atoms with Crippen molar-refractivity contribution in [1.82, 2.24) is 14.8 Å². The largest absolute Gasteiger partial charge is 0.483 e. The number of aryl methyl sites for hydroxylation is 1. The van der Waals surface area contributed by atoms with Gasteiger partial charge in [0.15, 0.2) is 28.3 Å². The molecule has 0 saturated heterocycles. The fraction of sp³-hybridized carbons (Fsp3) is 0.190. The molecule has 2 aromatic carbocycles. The summed E-state index contributed by atoms with van der Waals surface area (Å²) in [5, 5.41) is 8.87. The highest BCUT2D eigenvalue weighted by molar-refractivity contribution is 7.99. The molecule has 0 fully saturated rings. The van der Waals surface area contributed by atoms with Crippen LogP contribution in [0.2, 0.25) is 0 Å². The number of ketones is 1. The Morgan fingerprint density at radius 1 is 1.21 bits per heavy atom. The number of halogens is 1. The van der Waals surface area contributed by atoms with Crippen molar-refractivity contribution in [2.75, 3.05) is 5.75 Å². The molecule has 1 heterocycles. The van der Waals surface area contributed by atoms with Gasteiger partial charge in [-0.1, -0.05) is 59.8 Å². The van der Waals surface area contributed by atoms with E-state index < -0.39 is 5.82 Å². The molecule has 0 aliphatic carbocycles. The lowest BCUT2D eigenvalue weighted by molar-refractivity contribution is 0.102. The number of carbonyl (C=O) groups excluding carboxylic acids is 1. The van der Waals surface area contributed by atoms with Crippen molar-refractivity contribution in [1.29, 1.82) is 0 Å². The van der Waals surface area contributed by atoms with Crippen molar-refractivity contribution in [3.05, 3.63) is 84.0 Å². The van der Waals surface area contributed by atoms with Crippen molar-refractivity contribution < 1.29 is 13.9 Å². The lowest BCUT2D eigenvalue weighted by Crippen LogP contribution is -2.09. The second-order valence-electron chi connectivity index (χ2n) is 6.10. The average molecular weight is 397 g/mol. The molecule has 0 radical (unpaired) electrons. The van der Waals surface area contributed by atoms with Gasteiger partial charge in [0.05, 0.1) is 5.75 Å². The van der Waals surface area contributed by atoms with Crippen LogP contribution in [0.4, 0.5) is 4.39 Å². The normalized spacial score (nSPS) is 10.6. The molecule has 0 aliphatic heterocycles. The topological polar surface area (TPSA) is 57.0 Å². The molecule has 0 spiro atoms. The van der Waals surface area contributed by atoms with Gasteiger partial charge in [-0.3, -0.25) is 9.36 Å². The zero-order valence-corrected chi connectivity index (χ0v) is 16.3. The number of ether oxygens (including phenoxy) is 1. The van der Waals surface area contributed by atoms with Gasteiger partial charge in [-0.05, 0) is 19.1 Å². The van der Waals surface area contributed by atoms with Crippen molar-refractivity contribution in [3.8, 4) is 5.75 Å². The molecule has 28 heavy (non-hydrogen) atoms. The van der Waals surface area contributed by atoms with Crippen LogP contribution in [0.1, 0.15) is 21.7 Å². The summed E-state index contributed by atoms with van der Waals surface area (Å²) in [6, 6.07) is 13.7. The minimum Gasteiger partial charge on any atom is -0.483 e. The standard InChI is InChI=1S/C21H20FN3O2S/c1-3-12-25-20(13-27-19-7-5-4-6-17(19)22)23-24-21(25)28-14-18(26)16-10-8-15(2)9-11-16/h3-11H,1,12-14H2,2H3. The molecular formula is C21H20FN3O2S. The second kappa shape index (κ2) is 9.32. The summed E-state index contributed by atoms with van der Waals surface area (Å²) in [6.45, 7) is 6.25. The molecule has 0 aliphatic rings. The van der Waals surface area contributed by atoms with E-state index in [4.69, 9.17) is 4.74 Å². The van der Waals surface area contributed by atoms with E-state index in [1.165, 1.54) is 17.8 Å². The van der Waals surface area contributed by atoms with Crippen LogP contribution in [0.3, 0.4) is 0 Å². The second-order valence-corrected chi connectivity index (χ2v) is 7.04. The van der Waals surface area contributed by atoms with Gasteiger partial charge in [0.2, 0.25) is 0 Å². The molecule has 1 aromatic heterocycles. The van der Waals surface area contributed by atoms with E-state index >= 15 is 0 Å². The first kappa shape index (κ1) is 19.8. The number of para-hydroxylation sites is 1. The molecule has 0 unspecified atom stereocenters. The fourth-order valence-electron chi connectivity index (χ4n) is 2.50. The number of rotatable bonds is 9. The number of aromatic nitrogens is 3. The molecular weight excluding hydrogens is 377 g/mol. The first-order chi connectivity index (χ1) is 13.6. The molecule has 0 saturated carbocycles. The number of thioether (sulfide) groups is 1. The Kier molecular flexibility index (Phi) is 6.60. The monoisotopic (exact) mass is 397 g/mol. The van der Waals surface area contributed by atoms with Crippen LogP contribution in [0.25, 0.3) is 0 Å². The van der Waals surface area contributed by atoms with Crippen LogP contribution in [0.5, 0.6) is 5.75 Å². The molecule has 7 heteroatoms. The highest BCUT2D eigenvalue weighted by atomic mass is 32.2. The molecule has 5 nitrogen and oxygen atoms in total. The third-order valence-corrected chi connectivity index (χ3v) is 4.97. The Morgan fingerprint density at radius 2 is 1.96 bits per heavy atom. The smallest absolute Gasteiger partial charge is 0.192 e. The van der Waals surface area contributed by atoms with Gasteiger partial charge >= 0.3 is 0 Å². The summed E-state index contributed by atoms with van der Waals surface area (Å²) in [6.07, 6.45) is 1.71. The third kappa shape index (κ3) is 4.86. The minimum absolute atomic E-state index is 0.0160. The fourth-order valence-corrected chi connectivity index (χ4v) is 3.36. The van der Waals surface area contributed by atoms with Crippen LogP contribution in [0.15, 0.2) is 66.3 Å². The number of carbonyl (C=O) groups is 1. The Balaban J connectivity index is 1.68. The Hall–Kier alpha value is -2.93. The van der Waals surface area contributed by atoms with E-state index in [1.807, 2.05) is 31.2 Å². The van der Waals surface area contributed by atoms with E-state index in [2.05, 4.69) is 16.8 Å². The molecule has 0 N–H and O–H groups in total. The van der Waals surface area contributed by atoms with E-state index in [9.17, 15) is 9.18 Å². The van der Waals surface area contributed by atoms with Crippen LogP contribution in [0, 0.1) is 12.7 Å². The van der Waals surface area contributed by atoms with Gasteiger partial charge in [0.1, 0.15) is 6.61 Å². The number of allylic oxidation sites excluding steroid dienone is 1. The highest BCUT2D eigenvalue weighted by Crippen LogP contribution is 2.21. The summed E-state index contributed by atoms with van der Waals surface area (Å²) in [4.78, 5) is 12.4. The number of hydrogen-bond donors (Lipinski definition) is 0. The quantitative estimate of drug-likeness (QED) is 0.303. The molecule has 3 rings (SSSR count). The number of hydrogen-bond acceptors (Lipinski definition) is 5. The maximum Gasteiger partial charge on any atom is 0.192 e. The number of nitrogens with zero attached hydrogens (tertiary/aromatic N) is 3. The van der Waals surface area contributed by atoms with Crippen LogP contribution < -0.4 is 4.74 Å². The molecule has 144 valence electrons. The lowest BCUT2D eigenvalue weighted by atomic mass is 10.1. The van der Waals surface area contributed by atoms with Gasteiger partial charge < -0.3 is 4.74 Å². The molecule has 0 bridgehead atoms. The van der Waals surface area contributed by atoms with Gasteiger partial charge in [-0.25, -0.2) is 4.39 Å². The number of benzene rings is 2. The molecule has 0 atom stereocenters. The Morgan fingerprint density at radius 3 is 2.68 bits per heavy atom. The van der Waals surface area contributed by atoms with E-state index in [-0.39, 0.29) is 23.9 Å². The van der Waals surface area contributed by atoms with Crippen molar-refractivity contribution in [3.63, 3.8) is 0 Å². The minimum atomic E-state index is -0.435. The van der Waals surface area contributed by atoms with Crippen molar-refractivity contribution >= 4 is 17.5 Å². The number of Topliss-reactive ketones (excluding diaryl/α,β-unsaturated/α-hetero) is 1. The summed E-state index contributed by atoms with van der Waals surface area (Å²) in [5.41, 5.74) is 1.77. The Labute approximate surface area is 167 Å². The lowest BCUT2D eigenvalue weighted by Gasteiger charge is -2.09. The summed E-state index contributed by atoms with van der Waals surface area (Å²) < 4.78 is 21.0. The zero-order chi connectivity index (χ0) is 19.9. The van der Waals surface area contributed by atoms with Crippen LogP contribution >= 0.6 is 11.8 Å². The maximum absolute atomic E-state index is 13.7. The van der Waals surface area contributed by atoms with Gasteiger partial charge in [0, 0.05) is 12.1 Å². The van der Waals surface area contributed by atoms with Gasteiger partial charge in [-0.15, -0.1) is 16.8 Å². The van der Waals surface area contributed by atoms with E-state index in [0.717, 1.165) is 5.56 Å².